The van der Waals surface area contributed by atoms with E-state index in [0.29, 0.717) is 6.61 Å². The lowest BCUT2D eigenvalue weighted by Crippen LogP contribution is -2.16. The molecule has 0 atom stereocenters. The van der Waals surface area contributed by atoms with E-state index in [9.17, 15) is 9.50 Å². The van der Waals surface area contributed by atoms with Crippen LogP contribution in [0.5, 0.6) is 23.0 Å². The number of methoxy groups -OCH3 is 1. The van der Waals surface area contributed by atoms with E-state index in [4.69, 9.17) is 14.2 Å². The van der Waals surface area contributed by atoms with Crippen LogP contribution in [-0.4, -0.2) is 25.4 Å². The summed E-state index contributed by atoms with van der Waals surface area (Å²) in [4.78, 5) is 0. The number of benzene rings is 1. The summed E-state index contributed by atoms with van der Waals surface area (Å²) in [7, 11) is 1.34. The van der Waals surface area contributed by atoms with Gasteiger partial charge < -0.3 is 19.3 Å². The van der Waals surface area contributed by atoms with Gasteiger partial charge in [0.15, 0.2) is 17.2 Å². The largest absolute Gasteiger partial charge is 0.502 e. The Morgan fingerprint density at radius 3 is 2.86 bits per heavy atom. The number of fused-ring (bicyclic) bond motifs is 1. The maximum Gasteiger partial charge on any atom is 0.214 e. The van der Waals surface area contributed by atoms with Gasteiger partial charge in [-0.25, -0.2) is 0 Å². The summed E-state index contributed by atoms with van der Waals surface area (Å²) in [5.41, 5.74) is 0. The smallest absolute Gasteiger partial charge is 0.214 e. The first-order valence-electron chi connectivity index (χ1n) is 4.09. The Morgan fingerprint density at radius 1 is 1.43 bits per heavy atom. The van der Waals surface area contributed by atoms with Crippen LogP contribution in [0.25, 0.3) is 0 Å². The van der Waals surface area contributed by atoms with Crippen molar-refractivity contribution in [3.63, 3.8) is 0 Å². The second kappa shape index (κ2) is 3.25. The van der Waals surface area contributed by atoms with E-state index in [1.165, 1.54) is 13.2 Å². The molecule has 0 radical (unpaired) electrons. The third kappa shape index (κ3) is 1.21. The number of hydrogen-bond acceptors (Lipinski definition) is 4. The van der Waals surface area contributed by atoms with Crippen LogP contribution in [0, 0.1) is 5.82 Å². The molecule has 0 saturated heterocycles. The van der Waals surface area contributed by atoms with Crippen molar-refractivity contribution in [3.8, 4) is 23.0 Å². The second-order valence-electron chi connectivity index (χ2n) is 2.77. The predicted octanol–water partition coefficient (Wildman–Crippen LogP) is 1.31. The minimum atomic E-state index is -0.848. The molecule has 0 saturated carbocycles. The maximum atomic E-state index is 13.4. The molecule has 0 spiro atoms. The summed E-state index contributed by atoms with van der Waals surface area (Å²) in [6.45, 7) is 0.635. The Morgan fingerprint density at radius 2 is 2.14 bits per heavy atom. The molecule has 0 amide bonds. The van der Waals surface area contributed by atoms with Crippen molar-refractivity contribution in [1.29, 1.82) is 0 Å². The van der Waals surface area contributed by atoms with Gasteiger partial charge in [-0.15, -0.1) is 0 Å². The fourth-order valence-electron chi connectivity index (χ4n) is 1.27. The van der Waals surface area contributed by atoms with E-state index in [2.05, 4.69) is 0 Å². The van der Waals surface area contributed by atoms with Gasteiger partial charge >= 0.3 is 0 Å². The van der Waals surface area contributed by atoms with E-state index in [1.54, 1.807) is 0 Å². The average Bonchev–Trinajstić information content (AvgIpc) is 2.23. The van der Waals surface area contributed by atoms with Gasteiger partial charge in [0.1, 0.15) is 13.2 Å². The molecular weight excluding hydrogens is 191 g/mol. The molecule has 4 nitrogen and oxygen atoms in total. The first kappa shape index (κ1) is 8.93. The van der Waals surface area contributed by atoms with Crippen LogP contribution in [0.2, 0.25) is 0 Å². The van der Waals surface area contributed by atoms with Crippen LogP contribution in [0.1, 0.15) is 0 Å². The summed E-state index contributed by atoms with van der Waals surface area (Å²) in [6.07, 6.45) is 0. The number of phenolic OH excluding ortho intramolecular Hbond substituents is 1. The summed E-state index contributed by atoms with van der Waals surface area (Å²) in [5, 5.41) is 9.32. The van der Waals surface area contributed by atoms with Crippen molar-refractivity contribution in [2.45, 2.75) is 0 Å². The van der Waals surface area contributed by atoms with Crippen LogP contribution in [0.3, 0.4) is 0 Å². The van der Waals surface area contributed by atoms with Gasteiger partial charge in [-0.2, -0.15) is 4.39 Å². The average molecular weight is 200 g/mol. The molecular formula is C9H9FO4. The molecule has 0 fully saturated rings. The molecule has 76 valence electrons. The lowest BCUT2D eigenvalue weighted by Gasteiger charge is -2.20. The van der Waals surface area contributed by atoms with Crippen LogP contribution in [0.15, 0.2) is 6.07 Å². The number of phenols is 1. The lowest BCUT2D eigenvalue weighted by atomic mass is 10.2. The van der Waals surface area contributed by atoms with Crippen molar-refractivity contribution in [3.05, 3.63) is 11.9 Å². The molecule has 0 aliphatic carbocycles. The van der Waals surface area contributed by atoms with Gasteiger partial charge in [-0.1, -0.05) is 0 Å². The van der Waals surface area contributed by atoms with E-state index in [1.807, 2.05) is 0 Å². The van der Waals surface area contributed by atoms with Crippen molar-refractivity contribution in [1.82, 2.24) is 0 Å². The molecule has 1 aromatic rings. The molecule has 2 rings (SSSR count). The third-order valence-corrected chi connectivity index (χ3v) is 1.93. The lowest BCUT2D eigenvalue weighted by molar-refractivity contribution is 0.161. The molecule has 5 heteroatoms. The van der Waals surface area contributed by atoms with Crippen molar-refractivity contribution in [2.24, 2.45) is 0 Å². The molecule has 1 aromatic carbocycles. The summed E-state index contributed by atoms with van der Waals surface area (Å²) >= 11 is 0. The molecule has 14 heavy (non-hydrogen) atoms. The highest BCUT2D eigenvalue weighted by molar-refractivity contribution is 5.55. The van der Waals surface area contributed by atoms with Gasteiger partial charge in [0, 0.05) is 6.07 Å². The maximum absolute atomic E-state index is 13.4. The predicted molar refractivity (Wildman–Crippen MR) is 45.6 cm³/mol. The molecule has 1 N–H and O–H groups in total. The van der Waals surface area contributed by atoms with Gasteiger partial charge in [0.2, 0.25) is 11.6 Å². The highest BCUT2D eigenvalue weighted by Gasteiger charge is 2.23. The van der Waals surface area contributed by atoms with Crippen LogP contribution >= 0.6 is 0 Å². The van der Waals surface area contributed by atoms with Crippen molar-refractivity contribution >= 4 is 0 Å². The summed E-state index contributed by atoms with van der Waals surface area (Å²) < 4.78 is 28.3. The number of hydrogen-bond donors (Lipinski definition) is 1. The Bertz CT molecular complexity index is 364. The van der Waals surface area contributed by atoms with Crippen LogP contribution in [-0.2, 0) is 0 Å². The SMILES string of the molecule is COc1cc2c(c(F)c1O)OCCO2. The number of halogens is 1. The first-order chi connectivity index (χ1) is 6.74. The zero-order valence-corrected chi connectivity index (χ0v) is 7.54. The minimum absolute atomic E-state index is 0.0340. The summed E-state index contributed by atoms with van der Waals surface area (Å²) in [5.74, 6) is -1.18. The number of rotatable bonds is 1. The van der Waals surface area contributed by atoms with Crippen molar-refractivity contribution in [2.75, 3.05) is 20.3 Å². The Kier molecular flexibility index (Phi) is 2.07. The molecule has 1 heterocycles. The number of ether oxygens (including phenoxy) is 3. The van der Waals surface area contributed by atoms with Crippen molar-refractivity contribution < 1.29 is 23.7 Å². The van der Waals surface area contributed by atoms with E-state index >= 15 is 0 Å². The zero-order valence-electron chi connectivity index (χ0n) is 7.54. The molecule has 0 aromatic heterocycles. The van der Waals surface area contributed by atoms with Gasteiger partial charge in [0.25, 0.3) is 0 Å². The molecule has 0 bridgehead atoms. The van der Waals surface area contributed by atoms with Gasteiger partial charge in [-0.3, -0.25) is 0 Å². The molecule has 1 aliphatic heterocycles. The highest BCUT2D eigenvalue weighted by atomic mass is 19.1. The van der Waals surface area contributed by atoms with E-state index in [0.717, 1.165) is 0 Å². The van der Waals surface area contributed by atoms with Gasteiger partial charge in [0.05, 0.1) is 7.11 Å². The topological polar surface area (TPSA) is 47.9 Å². The Balaban J connectivity index is 2.57. The highest BCUT2D eigenvalue weighted by Crippen LogP contribution is 2.43. The molecule has 0 unspecified atom stereocenters. The minimum Gasteiger partial charge on any atom is -0.502 e. The van der Waals surface area contributed by atoms with Gasteiger partial charge in [-0.05, 0) is 0 Å². The quantitative estimate of drug-likeness (QED) is 0.742. The van der Waals surface area contributed by atoms with E-state index in [-0.39, 0.29) is 23.9 Å². The zero-order chi connectivity index (χ0) is 10.1. The standard InChI is InChI=1S/C9H9FO4/c1-12-5-4-6-9(7(10)8(5)11)14-3-2-13-6/h4,11H,2-3H2,1H3. The third-order valence-electron chi connectivity index (χ3n) is 1.93. The monoisotopic (exact) mass is 200 g/mol. The molecule has 1 aliphatic rings. The van der Waals surface area contributed by atoms with Crippen LogP contribution < -0.4 is 14.2 Å². The first-order valence-corrected chi connectivity index (χ1v) is 4.09. The summed E-state index contributed by atoms with van der Waals surface area (Å²) in [6, 6.07) is 1.40. The Hall–Kier alpha value is -1.65. The van der Waals surface area contributed by atoms with Crippen LogP contribution in [0.4, 0.5) is 4.39 Å². The fourth-order valence-corrected chi connectivity index (χ4v) is 1.27. The van der Waals surface area contributed by atoms with E-state index < -0.39 is 11.6 Å². The fraction of sp³-hybridized carbons (Fsp3) is 0.333. The normalized spacial score (nSPS) is 13.9. The number of aromatic hydroxyl groups is 1. The second-order valence-corrected chi connectivity index (χ2v) is 2.77. The Labute approximate surface area is 79.8 Å².